The maximum atomic E-state index is 6.42. The largest absolute Gasteiger partial charge is 0.342 e. The molecule has 6 nitrogen and oxygen atoms in total. The van der Waals surface area contributed by atoms with Crippen LogP contribution < -0.4 is 11.5 Å². The van der Waals surface area contributed by atoms with Crippen LogP contribution in [0.4, 0.5) is 0 Å². The van der Waals surface area contributed by atoms with E-state index in [0.717, 1.165) is 84.8 Å². The van der Waals surface area contributed by atoms with Gasteiger partial charge in [-0.25, -0.2) is 9.97 Å². The Kier molecular flexibility index (Phi) is 7.99. The zero-order valence-corrected chi connectivity index (χ0v) is 21.7. The fourth-order valence-electron chi connectivity index (χ4n) is 4.64. The van der Waals surface area contributed by atoms with Crippen molar-refractivity contribution in [2.45, 2.75) is 38.5 Å². The fourth-order valence-corrected chi connectivity index (χ4v) is 4.90. The maximum absolute atomic E-state index is 6.42. The summed E-state index contributed by atoms with van der Waals surface area (Å²) in [5, 5.41) is 2.91. The minimum atomic E-state index is 0.511. The van der Waals surface area contributed by atoms with Crippen LogP contribution >= 0.6 is 11.6 Å². The number of aromatic amines is 2. The summed E-state index contributed by atoms with van der Waals surface area (Å²) in [5.41, 5.74) is 17.6. The van der Waals surface area contributed by atoms with Crippen LogP contribution in [0.25, 0.3) is 44.4 Å². The van der Waals surface area contributed by atoms with E-state index in [1.165, 1.54) is 16.3 Å². The summed E-state index contributed by atoms with van der Waals surface area (Å²) in [5.74, 6) is 1.92. The van der Waals surface area contributed by atoms with Crippen molar-refractivity contribution in [1.29, 1.82) is 0 Å². The number of hydrogen-bond donors (Lipinski definition) is 4. The molecule has 0 saturated heterocycles. The van der Waals surface area contributed by atoms with Gasteiger partial charge in [0.25, 0.3) is 0 Å². The average Bonchev–Trinajstić information content (AvgIpc) is 3.55. The highest BCUT2D eigenvalue weighted by Crippen LogP contribution is 2.31. The van der Waals surface area contributed by atoms with E-state index in [9.17, 15) is 0 Å². The Morgan fingerprint density at radius 2 is 1.24 bits per heavy atom. The van der Waals surface area contributed by atoms with Gasteiger partial charge in [0.05, 0.1) is 17.6 Å². The zero-order valence-electron chi connectivity index (χ0n) is 20.9. The number of hydrogen-bond acceptors (Lipinski definition) is 4. The summed E-state index contributed by atoms with van der Waals surface area (Å²) in [4.78, 5) is 15.8. The van der Waals surface area contributed by atoms with Gasteiger partial charge in [0.1, 0.15) is 11.6 Å². The summed E-state index contributed by atoms with van der Waals surface area (Å²) in [6.45, 7) is 1.42. The van der Waals surface area contributed by atoms with Crippen molar-refractivity contribution in [3.63, 3.8) is 0 Å². The molecular formula is C30H33ClN6. The van der Waals surface area contributed by atoms with Gasteiger partial charge in [-0.15, -0.1) is 0 Å². The highest BCUT2D eigenvalue weighted by molar-refractivity contribution is 6.31. The van der Waals surface area contributed by atoms with Crippen molar-refractivity contribution >= 4 is 22.4 Å². The zero-order chi connectivity index (χ0) is 25.6. The van der Waals surface area contributed by atoms with Gasteiger partial charge >= 0.3 is 0 Å². The molecule has 0 atom stereocenters. The monoisotopic (exact) mass is 512 g/mol. The lowest BCUT2D eigenvalue weighted by Gasteiger charge is -2.07. The molecule has 0 aliphatic rings. The SMILES string of the molecule is NCCCCc1ncc(-c2ccc3cc(-c4ccc(-c5[nH]c(CCCCN)nc5Cl)cc4)ccc3c2)[nH]1. The summed E-state index contributed by atoms with van der Waals surface area (Å²) < 4.78 is 0. The first-order valence-corrected chi connectivity index (χ1v) is 13.4. The summed E-state index contributed by atoms with van der Waals surface area (Å²) in [6, 6.07) is 21.6. The lowest BCUT2D eigenvalue weighted by atomic mass is 9.98. The maximum Gasteiger partial charge on any atom is 0.155 e. The van der Waals surface area contributed by atoms with Crippen LogP contribution in [0.15, 0.2) is 66.9 Å². The van der Waals surface area contributed by atoms with E-state index in [0.29, 0.717) is 11.7 Å². The molecule has 0 aliphatic heterocycles. The van der Waals surface area contributed by atoms with Crippen molar-refractivity contribution in [3.8, 4) is 33.6 Å². The van der Waals surface area contributed by atoms with Crippen molar-refractivity contribution in [2.24, 2.45) is 11.5 Å². The topological polar surface area (TPSA) is 109 Å². The Balaban J connectivity index is 1.32. The van der Waals surface area contributed by atoms with E-state index in [1.54, 1.807) is 0 Å². The molecular weight excluding hydrogens is 480 g/mol. The van der Waals surface area contributed by atoms with Crippen LogP contribution in [0.2, 0.25) is 5.15 Å². The van der Waals surface area contributed by atoms with Gasteiger partial charge in [-0.2, -0.15) is 0 Å². The molecule has 0 amide bonds. The molecule has 37 heavy (non-hydrogen) atoms. The number of imidazole rings is 2. The van der Waals surface area contributed by atoms with E-state index in [1.807, 2.05) is 6.20 Å². The van der Waals surface area contributed by atoms with Crippen LogP contribution in [-0.4, -0.2) is 33.0 Å². The molecule has 0 unspecified atom stereocenters. The molecule has 2 aromatic heterocycles. The second-order valence-electron chi connectivity index (χ2n) is 9.44. The van der Waals surface area contributed by atoms with Crippen LogP contribution in [0, 0.1) is 0 Å². The Hall–Kier alpha value is -3.45. The number of fused-ring (bicyclic) bond motifs is 1. The average molecular weight is 513 g/mol. The lowest BCUT2D eigenvalue weighted by molar-refractivity contribution is 0.723. The molecule has 6 N–H and O–H groups in total. The quantitative estimate of drug-likeness (QED) is 0.151. The predicted molar refractivity (Wildman–Crippen MR) is 154 cm³/mol. The highest BCUT2D eigenvalue weighted by Gasteiger charge is 2.11. The molecule has 0 spiro atoms. The van der Waals surface area contributed by atoms with Gasteiger partial charge in [0.15, 0.2) is 5.15 Å². The van der Waals surface area contributed by atoms with Crippen LogP contribution in [0.3, 0.4) is 0 Å². The van der Waals surface area contributed by atoms with E-state index >= 15 is 0 Å². The second kappa shape index (κ2) is 11.7. The summed E-state index contributed by atoms with van der Waals surface area (Å²) >= 11 is 6.42. The molecule has 2 heterocycles. The summed E-state index contributed by atoms with van der Waals surface area (Å²) in [6.07, 6.45) is 7.75. The number of halogens is 1. The Morgan fingerprint density at radius 3 is 1.95 bits per heavy atom. The first kappa shape index (κ1) is 25.2. The van der Waals surface area contributed by atoms with Crippen LogP contribution in [0.5, 0.6) is 0 Å². The standard InChI is InChI=1S/C30H33ClN6/c31-30-29(36-28(37-30)6-2-4-16-33)21-9-7-20(8-10-21)22-11-12-24-18-25(14-13-23(24)17-22)26-19-34-27(35-26)5-1-3-15-32/h7-14,17-19H,1-6,15-16,32-33H2,(H,34,35)(H,36,37). The first-order valence-electron chi connectivity index (χ1n) is 13.0. The van der Waals surface area contributed by atoms with Crippen LogP contribution in [-0.2, 0) is 12.8 Å². The minimum Gasteiger partial charge on any atom is -0.342 e. The Bertz CT molecular complexity index is 1470. The molecule has 0 saturated carbocycles. The lowest BCUT2D eigenvalue weighted by Crippen LogP contribution is -1.99. The number of nitrogens with zero attached hydrogens (tertiary/aromatic N) is 2. The van der Waals surface area contributed by atoms with Gasteiger partial charge in [0, 0.05) is 24.0 Å². The molecule has 0 aliphatic carbocycles. The molecule has 5 rings (SSSR count). The van der Waals surface area contributed by atoms with Gasteiger partial charge in [-0.05, 0) is 72.8 Å². The van der Waals surface area contributed by atoms with E-state index in [2.05, 4.69) is 80.6 Å². The molecule has 0 fully saturated rings. The van der Waals surface area contributed by atoms with Crippen LogP contribution in [0.1, 0.15) is 37.3 Å². The predicted octanol–water partition coefficient (Wildman–Crippen LogP) is 6.50. The van der Waals surface area contributed by atoms with Gasteiger partial charge < -0.3 is 21.4 Å². The Morgan fingerprint density at radius 1 is 0.649 bits per heavy atom. The second-order valence-corrected chi connectivity index (χ2v) is 9.80. The van der Waals surface area contributed by atoms with E-state index in [4.69, 9.17) is 23.1 Å². The van der Waals surface area contributed by atoms with E-state index in [-0.39, 0.29) is 0 Å². The number of benzene rings is 3. The molecule has 3 aromatic carbocycles. The van der Waals surface area contributed by atoms with Crippen molar-refractivity contribution < 1.29 is 0 Å². The third kappa shape index (κ3) is 5.93. The third-order valence-corrected chi connectivity index (χ3v) is 7.00. The van der Waals surface area contributed by atoms with Gasteiger partial charge in [-0.3, -0.25) is 0 Å². The van der Waals surface area contributed by atoms with Gasteiger partial charge in [-0.1, -0.05) is 60.1 Å². The number of rotatable bonds is 11. The van der Waals surface area contributed by atoms with Crippen molar-refractivity contribution in [1.82, 2.24) is 19.9 Å². The number of nitrogens with one attached hydrogen (secondary N) is 2. The number of H-pyrrole nitrogens is 2. The van der Waals surface area contributed by atoms with Crippen molar-refractivity contribution in [2.75, 3.05) is 13.1 Å². The molecule has 0 radical (unpaired) electrons. The number of aromatic nitrogens is 4. The molecule has 0 bridgehead atoms. The number of nitrogens with two attached hydrogens (primary N) is 2. The molecule has 5 aromatic rings. The Labute approximate surface area is 222 Å². The first-order chi connectivity index (χ1) is 18.1. The smallest absolute Gasteiger partial charge is 0.155 e. The minimum absolute atomic E-state index is 0.511. The molecule has 7 heteroatoms. The highest BCUT2D eigenvalue weighted by atomic mass is 35.5. The van der Waals surface area contributed by atoms with Gasteiger partial charge in [0.2, 0.25) is 0 Å². The van der Waals surface area contributed by atoms with E-state index < -0.39 is 0 Å². The number of aryl methyl sites for hydroxylation is 2. The third-order valence-electron chi connectivity index (χ3n) is 6.73. The summed E-state index contributed by atoms with van der Waals surface area (Å²) in [7, 11) is 0. The molecule has 190 valence electrons. The normalized spacial score (nSPS) is 11.4. The number of unbranched alkanes of at least 4 members (excludes halogenated alkanes) is 2. The van der Waals surface area contributed by atoms with Crippen molar-refractivity contribution in [3.05, 3.63) is 83.7 Å². The fraction of sp³-hybridized carbons (Fsp3) is 0.267.